The van der Waals surface area contributed by atoms with Gasteiger partial charge in [0.15, 0.2) is 0 Å². The minimum atomic E-state index is -0.684. The van der Waals surface area contributed by atoms with Crippen LogP contribution in [0.4, 0.5) is 17.1 Å². The summed E-state index contributed by atoms with van der Waals surface area (Å²) in [5.74, 6) is 0. The Morgan fingerprint density at radius 2 is 1.00 bits per heavy atom. The Kier molecular flexibility index (Phi) is 7.73. The first-order valence-corrected chi connectivity index (χ1v) is 9.13. The summed E-state index contributed by atoms with van der Waals surface area (Å²) in [6.07, 6.45) is 0. The van der Waals surface area contributed by atoms with E-state index in [2.05, 4.69) is 5.32 Å². The molecule has 6 nitrogen and oxygen atoms in total. The van der Waals surface area contributed by atoms with Gasteiger partial charge in [-0.25, -0.2) is 0 Å². The molecule has 0 aliphatic rings. The number of halogens is 3. The number of para-hydroxylation sites is 2. The Balaban J connectivity index is 0.000000170. The zero-order valence-electron chi connectivity index (χ0n) is 14.6. The zero-order valence-corrected chi connectivity index (χ0v) is 16.9. The molecule has 0 radical (unpaired) electrons. The fraction of sp³-hybridized carbons (Fsp3) is 0. The molecule has 0 aliphatic carbocycles. The first-order chi connectivity index (χ1) is 13.7. The van der Waals surface area contributed by atoms with Crippen molar-refractivity contribution in [3.8, 4) is 0 Å². The van der Waals surface area contributed by atoms with E-state index in [1.807, 2.05) is 48.5 Å². The van der Waals surface area contributed by atoms with E-state index in [-0.39, 0.29) is 20.8 Å². The van der Waals surface area contributed by atoms with E-state index >= 15 is 0 Å². The second-order valence-electron chi connectivity index (χ2n) is 5.54. The van der Waals surface area contributed by atoms with Crippen LogP contribution in [0.3, 0.4) is 0 Å². The first kappa shape index (κ1) is 22.4. The highest BCUT2D eigenvalue weighted by Gasteiger charge is 2.18. The van der Waals surface area contributed by atoms with Crippen molar-refractivity contribution in [1.29, 1.82) is 0 Å². The molecule has 0 atom stereocenters. The van der Waals surface area contributed by atoms with Crippen molar-refractivity contribution in [1.82, 2.24) is 0 Å². The third-order valence-electron chi connectivity index (χ3n) is 3.49. The van der Waals surface area contributed by atoms with Crippen molar-refractivity contribution < 1.29 is 0 Å². The maximum atomic E-state index is 11.0. The Morgan fingerprint density at radius 3 is 1.34 bits per heavy atom. The number of hydrogen-bond acceptors (Lipinski definition) is 6. The summed E-state index contributed by atoms with van der Waals surface area (Å²) in [6, 6.07) is 18.6. The van der Waals surface area contributed by atoms with Gasteiger partial charge in [-0.1, -0.05) is 71.2 Å². The van der Waals surface area contributed by atoms with Gasteiger partial charge in [-0.3, -0.25) is 19.2 Å². The molecule has 3 N–H and O–H groups in total. The molecule has 29 heavy (non-hydrogen) atoms. The molecule has 4 aromatic carbocycles. The minimum absolute atomic E-state index is 0.0150. The molecule has 0 unspecified atom stereocenters. The number of hydrogen-bond donors (Lipinski definition) is 2. The lowest BCUT2D eigenvalue weighted by Gasteiger charge is -2.07. The van der Waals surface area contributed by atoms with Crippen LogP contribution in [0.1, 0.15) is 0 Å². The third kappa shape index (κ3) is 5.54. The van der Waals surface area contributed by atoms with Crippen LogP contribution in [0, 0.1) is 0 Å². The maximum absolute atomic E-state index is 11.0. The normalized spacial score (nSPS) is 9.90. The summed E-state index contributed by atoms with van der Waals surface area (Å²) in [5.41, 5.74) is 4.56. The SMILES string of the molecule is Nc1ccccc1.O=c1c(Cl)c(Cl)c1=O.O=c1c(Cl)c(Nc2ccccc2)c1=O. The number of nitrogens with two attached hydrogens (primary N) is 1. The van der Waals surface area contributed by atoms with Gasteiger partial charge in [0, 0.05) is 11.4 Å². The van der Waals surface area contributed by atoms with E-state index in [9.17, 15) is 19.2 Å². The van der Waals surface area contributed by atoms with E-state index in [1.54, 1.807) is 12.1 Å². The van der Waals surface area contributed by atoms with Crippen molar-refractivity contribution in [2.75, 3.05) is 11.1 Å². The Hall–Kier alpha value is -2.93. The number of anilines is 3. The van der Waals surface area contributed by atoms with Crippen LogP contribution in [-0.4, -0.2) is 0 Å². The van der Waals surface area contributed by atoms with Crippen molar-refractivity contribution in [3.05, 3.63) is 117 Å². The molecule has 0 amide bonds. The van der Waals surface area contributed by atoms with Crippen molar-refractivity contribution in [2.24, 2.45) is 0 Å². The standard InChI is InChI=1S/C10H6ClNO2.C6H7N.C4Cl2O2/c11-7-8(10(14)9(7)13)12-6-4-2-1-3-5-6;7-6-4-2-1-3-5-6;5-1-2(6)4(8)3(1)7/h1-5,12H;1-5H,7H2;. The van der Waals surface area contributed by atoms with Crippen molar-refractivity contribution >= 4 is 51.9 Å². The van der Waals surface area contributed by atoms with Crippen LogP contribution in [0.2, 0.25) is 15.1 Å². The second kappa shape index (κ2) is 10.0. The minimum Gasteiger partial charge on any atom is -0.399 e. The van der Waals surface area contributed by atoms with Crippen LogP contribution in [0.25, 0.3) is 0 Å². The van der Waals surface area contributed by atoms with E-state index in [0.29, 0.717) is 0 Å². The van der Waals surface area contributed by atoms with Crippen LogP contribution in [-0.2, 0) is 0 Å². The summed E-state index contributed by atoms with van der Waals surface area (Å²) in [5, 5.41) is 2.49. The number of nitrogens with one attached hydrogen (secondary N) is 1. The molecular formula is C20H13Cl3N2O4. The topological polar surface area (TPSA) is 106 Å². The van der Waals surface area contributed by atoms with Crippen LogP contribution >= 0.6 is 34.8 Å². The van der Waals surface area contributed by atoms with E-state index < -0.39 is 21.7 Å². The molecule has 0 bridgehead atoms. The predicted molar refractivity (Wildman–Crippen MR) is 118 cm³/mol. The third-order valence-corrected chi connectivity index (χ3v) is 4.67. The highest BCUT2D eigenvalue weighted by molar-refractivity contribution is 6.43. The molecule has 4 aromatic rings. The summed E-state index contributed by atoms with van der Waals surface area (Å²) >= 11 is 15.8. The van der Waals surface area contributed by atoms with Gasteiger partial charge >= 0.3 is 0 Å². The van der Waals surface area contributed by atoms with Crippen LogP contribution in [0.15, 0.2) is 79.8 Å². The number of rotatable bonds is 2. The first-order valence-electron chi connectivity index (χ1n) is 7.99. The van der Waals surface area contributed by atoms with Gasteiger partial charge in [-0.05, 0) is 24.3 Å². The van der Waals surface area contributed by atoms with Crippen LogP contribution < -0.4 is 32.8 Å². The summed E-state index contributed by atoms with van der Waals surface area (Å²) in [6.45, 7) is 0. The fourth-order valence-electron chi connectivity index (χ4n) is 1.93. The molecule has 0 saturated carbocycles. The van der Waals surface area contributed by atoms with Gasteiger partial charge < -0.3 is 11.1 Å². The monoisotopic (exact) mass is 450 g/mol. The summed E-state index contributed by atoms with van der Waals surface area (Å²) < 4.78 is 0. The molecule has 9 heteroatoms. The van der Waals surface area contributed by atoms with E-state index in [0.717, 1.165) is 11.4 Å². The summed E-state index contributed by atoms with van der Waals surface area (Å²) in [4.78, 5) is 42.1. The van der Waals surface area contributed by atoms with Crippen molar-refractivity contribution in [3.63, 3.8) is 0 Å². The van der Waals surface area contributed by atoms with Gasteiger partial charge in [0.1, 0.15) is 20.8 Å². The quantitative estimate of drug-likeness (QED) is 0.357. The van der Waals surface area contributed by atoms with Gasteiger partial charge in [0.25, 0.3) is 5.43 Å². The molecule has 0 heterocycles. The lowest BCUT2D eigenvalue weighted by atomic mass is 10.2. The van der Waals surface area contributed by atoms with Gasteiger partial charge in [0.05, 0.1) is 0 Å². The second-order valence-corrected chi connectivity index (χ2v) is 6.67. The molecule has 148 valence electrons. The molecule has 0 aliphatic heterocycles. The van der Waals surface area contributed by atoms with Crippen LogP contribution in [0.5, 0.6) is 0 Å². The average Bonchev–Trinajstić information content (AvgIpc) is 2.77. The van der Waals surface area contributed by atoms with Gasteiger partial charge in [0.2, 0.25) is 16.3 Å². The molecular weight excluding hydrogens is 439 g/mol. The Labute approximate surface area is 179 Å². The maximum Gasteiger partial charge on any atom is 0.252 e. The predicted octanol–water partition coefficient (Wildman–Crippen LogP) is 3.54. The number of nitrogen functional groups attached to an aromatic ring is 1. The molecule has 0 fully saturated rings. The lowest BCUT2D eigenvalue weighted by Crippen LogP contribution is -2.33. The molecule has 0 spiro atoms. The zero-order chi connectivity index (χ0) is 21.6. The Morgan fingerprint density at radius 1 is 0.586 bits per heavy atom. The van der Waals surface area contributed by atoms with Gasteiger partial charge in [-0.2, -0.15) is 0 Å². The smallest absolute Gasteiger partial charge is 0.252 e. The lowest BCUT2D eigenvalue weighted by molar-refractivity contribution is 1.38. The van der Waals surface area contributed by atoms with E-state index in [1.165, 1.54) is 0 Å². The molecule has 4 rings (SSSR count). The van der Waals surface area contributed by atoms with Crippen molar-refractivity contribution in [2.45, 2.75) is 0 Å². The highest BCUT2D eigenvalue weighted by Crippen LogP contribution is 2.19. The fourth-order valence-corrected chi connectivity index (χ4v) is 2.49. The number of benzene rings is 2. The largest absolute Gasteiger partial charge is 0.399 e. The molecule has 0 aromatic heterocycles. The summed E-state index contributed by atoms with van der Waals surface area (Å²) in [7, 11) is 0. The Bertz CT molecular complexity index is 1210. The molecule has 0 saturated heterocycles. The average molecular weight is 452 g/mol. The van der Waals surface area contributed by atoms with E-state index in [4.69, 9.17) is 40.5 Å². The highest BCUT2D eigenvalue weighted by atomic mass is 35.5. The van der Waals surface area contributed by atoms with Gasteiger partial charge in [-0.15, -0.1) is 0 Å².